The van der Waals surface area contributed by atoms with Gasteiger partial charge < -0.3 is 5.32 Å². The molecule has 0 atom stereocenters. The van der Waals surface area contributed by atoms with Crippen molar-refractivity contribution in [1.82, 2.24) is 0 Å². The highest BCUT2D eigenvalue weighted by Gasteiger charge is 2.13. The van der Waals surface area contributed by atoms with Crippen LogP contribution in [0.15, 0.2) is 29.7 Å². The van der Waals surface area contributed by atoms with Crippen molar-refractivity contribution >= 4 is 21.6 Å². The first-order chi connectivity index (χ1) is 7.75. The number of hydrogen-bond acceptors (Lipinski definition) is 3. The number of primary sulfonamides is 1. The number of sulfonamides is 1. The summed E-state index contributed by atoms with van der Waals surface area (Å²) in [6.07, 6.45) is 1.11. The summed E-state index contributed by atoms with van der Waals surface area (Å²) in [6, 6.07) is 2.80. The van der Waals surface area contributed by atoms with Gasteiger partial charge in [0.1, 0.15) is 0 Å². The normalized spacial score (nSPS) is 11.0. The van der Waals surface area contributed by atoms with E-state index in [0.29, 0.717) is 5.69 Å². The maximum atomic E-state index is 11.2. The minimum atomic E-state index is -3.78. The van der Waals surface area contributed by atoms with Crippen LogP contribution in [0.25, 0.3) is 0 Å². The molecule has 92 valence electrons. The lowest BCUT2D eigenvalue weighted by Gasteiger charge is -2.11. The average molecular weight is 254 g/mol. The van der Waals surface area contributed by atoms with Gasteiger partial charge in [0.2, 0.25) is 15.9 Å². The first kappa shape index (κ1) is 13.4. The second-order valence-corrected chi connectivity index (χ2v) is 5.21. The maximum absolute atomic E-state index is 11.2. The van der Waals surface area contributed by atoms with Crippen molar-refractivity contribution in [3.63, 3.8) is 0 Å². The fourth-order valence-electron chi connectivity index (χ4n) is 1.30. The summed E-state index contributed by atoms with van der Waals surface area (Å²) >= 11 is 0. The number of nitrogens with one attached hydrogen (secondary N) is 1. The molecule has 0 unspecified atom stereocenters. The van der Waals surface area contributed by atoms with Crippen molar-refractivity contribution in [2.24, 2.45) is 5.14 Å². The summed E-state index contributed by atoms with van der Waals surface area (Å²) < 4.78 is 22.5. The standard InChI is InChI=1S/C11H14N2O3S/c1-4-11(14)13-10-6-9(17(12,15)16)5-7(2)8(10)3/h4-6H,1H2,2-3H3,(H,13,14)(H2,12,15,16). The van der Waals surface area contributed by atoms with Gasteiger partial charge >= 0.3 is 0 Å². The van der Waals surface area contributed by atoms with Gasteiger partial charge in [0, 0.05) is 5.69 Å². The predicted molar refractivity (Wildman–Crippen MR) is 66.1 cm³/mol. The van der Waals surface area contributed by atoms with Gasteiger partial charge in [-0.3, -0.25) is 4.79 Å². The van der Waals surface area contributed by atoms with E-state index in [0.717, 1.165) is 17.2 Å². The molecular formula is C11H14N2O3S. The highest BCUT2D eigenvalue weighted by Crippen LogP contribution is 2.23. The Balaban J connectivity index is 3.35. The Morgan fingerprint density at radius 3 is 2.47 bits per heavy atom. The van der Waals surface area contributed by atoms with Crippen LogP contribution in [-0.4, -0.2) is 14.3 Å². The summed E-state index contributed by atoms with van der Waals surface area (Å²) in [7, 11) is -3.78. The molecule has 0 fully saturated rings. The van der Waals surface area contributed by atoms with Crippen LogP contribution in [0.3, 0.4) is 0 Å². The molecule has 1 rings (SSSR count). The molecule has 0 bridgehead atoms. The molecule has 1 aromatic rings. The lowest BCUT2D eigenvalue weighted by molar-refractivity contribution is -0.111. The number of rotatable bonds is 3. The quantitative estimate of drug-likeness (QED) is 0.791. The van der Waals surface area contributed by atoms with E-state index in [1.807, 2.05) is 0 Å². The lowest BCUT2D eigenvalue weighted by atomic mass is 10.1. The molecule has 0 aliphatic rings. The van der Waals surface area contributed by atoms with Crippen LogP contribution in [0.2, 0.25) is 0 Å². The van der Waals surface area contributed by atoms with Crippen LogP contribution in [0.5, 0.6) is 0 Å². The number of nitrogens with two attached hydrogens (primary N) is 1. The van der Waals surface area contributed by atoms with Crippen molar-refractivity contribution < 1.29 is 13.2 Å². The van der Waals surface area contributed by atoms with E-state index in [2.05, 4.69) is 11.9 Å². The number of carbonyl (C=O) groups excluding carboxylic acids is 1. The van der Waals surface area contributed by atoms with Gasteiger partial charge in [0.25, 0.3) is 0 Å². The minimum Gasteiger partial charge on any atom is -0.322 e. The first-order valence-corrected chi connectivity index (χ1v) is 6.38. The molecule has 5 nitrogen and oxygen atoms in total. The molecule has 0 aliphatic heterocycles. The van der Waals surface area contributed by atoms with Gasteiger partial charge in [-0.15, -0.1) is 0 Å². The zero-order chi connectivity index (χ0) is 13.2. The lowest BCUT2D eigenvalue weighted by Crippen LogP contribution is -2.15. The molecule has 0 spiro atoms. The second-order valence-electron chi connectivity index (χ2n) is 3.65. The number of anilines is 1. The van der Waals surface area contributed by atoms with Crippen LogP contribution < -0.4 is 10.5 Å². The van der Waals surface area contributed by atoms with Crippen LogP contribution in [0.1, 0.15) is 11.1 Å². The fraction of sp³-hybridized carbons (Fsp3) is 0.182. The molecule has 6 heteroatoms. The predicted octanol–water partition coefficient (Wildman–Crippen LogP) is 1.08. The molecule has 17 heavy (non-hydrogen) atoms. The molecule has 0 saturated heterocycles. The Hall–Kier alpha value is -1.66. The Bertz CT molecular complexity index is 577. The topological polar surface area (TPSA) is 89.3 Å². The van der Waals surface area contributed by atoms with E-state index in [4.69, 9.17) is 5.14 Å². The van der Waals surface area contributed by atoms with Crippen LogP contribution in [0, 0.1) is 13.8 Å². The van der Waals surface area contributed by atoms with Crippen molar-refractivity contribution in [1.29, 1.82) is 0 Å². The monoisotopic (exact) mass is 254 g/mol. The Morgan fingerprint density at radius 1 is 1.41 bits per heavy atom. The molecule has 1 amide bonds. The van der Waals surface area contributed by atoms with Gasteiger partial charge in [-0.2, -0.15) is 0 Å². The highest BCUT2D eigenvalue weighted by molar-refractivity contribution is 7.89. The Morgan fingerprint density at radius 2 is 2.00 bits per heavy atom. The molecule has 0 aromatic heterocycles. The molecule has 0 heterocycles. The summed E-state index contributed by atoms with van der Waals surface area (Å²) in [5, 5.41) is 7.58. The van der Waals surface area contributed by atoms with E-state index >= 15 is 0 Å². The zero-order valence-corrected chi connectivity index (χ0v) is 10.5. The van der Waals surface area contributed by atoms with E-state index < -0.39 is 15.9 Å². The zero-order valence-electron chi connectivity index (χ0n) is 9.65. The SMILES string of the molecule is C=CC(=O)Nc1cc(S(N)(=O)=O)cc(C)c1C. The van der Waals surface area contributed by atoms with Crippen LogP contribution in [-0.2, 0) is 14.8 Å². The summed E-state index contributed by atoms with van der Waals surface area (Å²) in [5.74, 6) is -0.404. The van der Waals surface area contributed by atoms with Crippen molar-refractivity contribution in [2.75, 3.05) is 5.32 Å². The number of aryl methyl sites for hydroxylation is 1. The van der Waals surface area contributed by atoms with Crippen LogP contribution >= 0.6 is 0 Å². The van der Waals surface area contributed by atoms with Crippen molar-refractivity contribution in [3.05, 3.63) is 35.9 Å². The van der Waals surface area contributed by atoms with E-state index in [1.54, 1.807) is 13.8 Å². The number of amides is 1. The van der Waals surface area contributed by atoms with E-state index in [-0.39, 0.29) is 4.90 Å². The smallest absolute Gasteiger partial charge is 0.247 e. The van der Waals surface area contributed by atoms with Gasteiger partial charge in [-0.25, -0.2) is 13.6 Å². The molecular weight excluding hydrogens is 240 g/mol. The van der Waals surface area contributed by atoms with Gasteiger partial charge in [0.05, 0.1) is 4.90 Å². The summed E-state index contributed by atoms with van der Waals surface area (Å²) in [6.45, 7) is 6.85. The number of benzene rings is 1. The second kappa shape index (κ2) is 4.68. The third kappa shape index (κ3) is 3.15. The number of carbonyl (C=O) groups is 1. The van der Waals surface area contributed by atoms with Crippen molar-refractivity contribution in [3.8, 4) is 0 Å². The minimum absolute atomic E-state index is 0.0278. The van der Waals surface area contributed by atoms with Crippen LogP contribution in [0.4, 0.5) is 5.69 Å². The molecule has 0 aliphatic carbocycles. The van der Waals surface area contributed by atoms with E-state index in [1.165, 1.54) is 12.1 Å². The third-order valence-corrected chi connectivity index (χ3v) is 3.31. The fourth-order valence-corrected chi connectivity index (χ4v) is 1.93. The number of hydrogen-bond donors (Lipinski definition) is 2. The van der Waals surface area contributed by atoms with E-state index in [9.17, 15) is 13.2 Å². The molecule has 3 N–H and O–H groups in total. The van der Waals surface area contributed by atoms with Crippen molar-refractivity contribution in [2.45, 2.75) is 18.7 Å². The van der Waals surface area contributed by atoms with Gasteiger partial charge in [-0.05, 0) is 43.2 Å². The maximum Gasteiger partial charge on any atom is 0.247 e. The average Bonchev–Trinajstić information content (AvgIpc) is 2.22. The Kier molecular flexibility index (Phi) is 3.69. The third-order valence-electron chi connectivity index (χ3n) is 2.41. The van der Waals surface area contributed by atoms with Gasteiger partial charge in [0.15, 0.2) is 0 Å². The molecule has 0 radical (unpaired) electrons. The summed E-state index contributed by atoms with van der Waals surface area (Å²) in [4.78, 5) is 11.2. The summed E-state index contributed by atoms with van der Waals surface area (Å²) in [5.41, 5.74) is 1.93. The highest BCUT2D eigenvalue weighted by atomic mass is 32.2. The van der Waals surface area contributed by atoms with Gasteiger partial charge in [-0.1, -0.05) is 6.58 Å². The largest absolute Gasteiger partial charge is 0.322 e. The molecule has 0 saturated carbocycles. The first-order valence-electron chi connectivity index (χ1n) is 4.83. The molecule has 1 aromatic carbocycles. The Labute approximate surface area is 100 Å².